The minimum Gasteiger partial charge on any atom is -0.493 e. The van der Waals surface area contributed by atoms with E-state index in [1.165, 1.54) is 4.90 Å². The topological polar surface area (TPSA) is 116 Å². The summed E-state index contributed by atoms with van der Waals surface area (Å²) in [6, 6.07) is 7.55. The molecular weight excluding hydrogens is 486 g/mol. The SMILES string of the molecule is COc1ccc([C@@H]2CN(C(=O)C(O)CO)C[C@@]2(C)[C@@H](C)O)cc1OC1CN(c2ncc(Cl)cc2C)C1. The fraction of sp³-hybridized carbons (Fsp3) is 0.538. The molecule has 1 aromatic carbocycles. The zero-order valence-corrected chi connectivity index (χ0v) is 21.8. The van der Waals surface area contributed by atoms with Gasteiger partial charge in [-0.1, -0.05) is 24.6 Å². The number of halogens is 1. The van der Waals surface area contributed by atoms with E-state index in [-0.39, 0.29) is 18.6 Å². The molecule has 36 heavy (non-hydrogen) atoms. The number of amides is 1. The van der Waals surface area contributed by atoms with E-state index in [2.05, 4.69) is 9.88 Å². The standard InChI is InChI=1S/C26H34ClN3O6/c1-15-7-18(27)9-28-24(15)29-10-19(11-29)36-23-8-17(5-6-22(23)35-4)20-12-30(25(34)21(33)13-31)14-26(20,3)16(2)32/h5-9,16,19-21,31-33H,10-14H2,1-4H3/t16-,20+,21?,26+/m1/s1. The molecule has 0 saturated carbocycles. The van der Waals surface area contributed by atoms with Crippen LogP contribution in [0.5, 0.6) is 11.5 Å². The van der Waals surface area contributed by atoms with Crippen molar-refractivity contribution in [2.45, 2.75) is 45.0 Å². The van der Waals surface area contributed by atoms with Crippen LogP contribution in [0, 0.1) is 12.3 Å². The van der Waals surface area contributed by atoms with E-state index in [1.54, 1.807) is 20.2 Å². The predicted octanol–water partition coefficient (Wildman–Crippen LogP) is 1.99. The average molecular weight is 520 g/mol. The number of rotatable bonds is 8. The molecule has 1 unspecified atom stereocenters. The van der Waals surface area contributed by atoms with Gasteiger partial charge in [0.15, 0.2) is 17.6 Å². The van der Waals surface area contributed by atoms with E-state index in [0.717, 1.165) is 16.9 Å². The van der Waals surface area contributed by atoms with Gasteiger partial charge in [0, 0.05) is 30.6 Å². The number of methoxy groups -OCH3 is 1. The number of likely N-dealkylation sites (tertiary alicyclic amines) is 1. The number of aliphatic hydroxyl groups is 3. The molecule has 0 spiro atoms. The number of carbonyl (C=O) groups excluding carboxylic acids is 1. The number of pyridine rings is 1. The Morgan fingerprint density at radius 1 is 1.25 bits per heavy atom. The highest BCUT2D eigenvalue weighted by Gasteiger charge is 2.49. The molecule has 2 aromatic rings. The number of hydrogen-bond donors (Lipinski definition) is 3. The molecule has 1 aromatic heterocycles. The van der Waals surface area contributed by atoms with Crippen molar-refractivity contribution in [1.82, 2.24) is 9.88 Å². The van der Waals surface area contributed by atoms with E-state index >= 15 is 0 Å². The summed E-state index contributed by atoms with van der Waals surface area (Å²) in [5.41, 5.74) is 1.25. The highest BCUT2D eigenvalue weighted by molar-refractivity contribution is 6.30. The molecule has 4 atom stereocenters. The molecule has 2 aliphatic heterocycles. The van der Waals surface area contributed by atoms with Crippen LogP contribution in [0.25, 0.3) is 0 Å². The molecule has 2 aliphatic rings. The summed E-state index contributed by atoms with van der Waals surface area (Å²) < 4.78 is 11.9. The van der Waals surface area contributed by atoms with E-state index in [0.29, 0.717) is 36.2 Å². The van der Waals surface area contributed by atoms with Gasteiger partial charge in [-0.25, -0.2) is 4.98 Å². The fourth-order valence-corrected chi connectivity index (χ4v) is 5.33. The third-order valence-electron chi connectivity index (χ3n) is 7.50. The van der Waals surface area contributed by atoms with Crippen molar-refractivity contribution < 1.29 is 29.6 Å². The highest BCUT2D eigenvalue weighted by Crippen LogP contribution is 2.47. The van der Waals surface area contributed by atoms with Crippen molar-refractivity contribution in [3.05, 3.63) is 46.6 Å². The number of aromatic nitrogens is 1. The summed E-state index contributed by atoms with van der Waals surface area (Å²) in [6.45, 7) is 6.87. The Kier molecular flexibility index (Phi) is 7.66. The normalized spacial score (nSPS) is 23.8. The lowest BCUT2D eigenvalue weighted by atomic mass is 9.72. The Morgan fingerprint density at radius 2 is 1.97 bits per heavy atom. The number of aliphatic hydroxyl groups excluding tert-OH is 3. The van der Waals surface area contributed by atoms with Crippen LogP contribution in [-0.4, -0.2) is 89.3 Å². The van der Waals surface area contributed by atoms with E-state index in [1.807, 2.05) is 38.1 Å². The van der Waals surface area contributed by atoms with Gasteiger partial charge in [-0.05, 0) is 43.2 Å². The van der Waals surface area contributed by atoms with Crippen LogP contribution >= 0.6 is 11.6 Å². The molecule has 0 radical (unpaired) electrons. The van der Waals surface area contributed by atoms with Crippen molar-refractivity contribution in [3.63, 3.8) is 0 Å². The van der Waals surface area contributed by atoms with Gasteiger partial charge in [0.2, 0.25) is 0 Å². The second kappa shape index (κ2) is 10.4. The van der Waals surface area contributed by atoms with Gasteiger partial charge < -0.3 is 34.6 Å². The third-order valence-corrected chi connectivity index (χ3v) is 7.71. The molecule has 2 fully saturated rings. The van der Waals surface area contributed by atoms with Gasteiger partial charge in [0.1, 0.15) is 11.9 Å². The van der Waals surface area contributed by atoms with Crippen molar-refractivity contribution in [1.29, 1.82) is 0 Å². The van der Waals surface area contributed by atoms with Crippen LogP contribution in [0.3, 0.4) is 0 Å². The quantitative estimate of drug-likeness (QED) is 0.485. The van der Waals surface area contributed by atoms with Crippen LogP contribution < -0.4 is 14.4 Å². The molecule has 0 aliphatic carbocycles. The number of benzene rings is 1. The number of ether oxygens (including phenoxy) is 2. The first kappa shape index (κ1) is 26.5. The number of anilines is 1. The molecule has 4 rings (SSSR count). The van der Waals surface area contributed by atoms with Crippen LogP contribution in [-0.2, 0) is 4.79 Å². The number of hydrogen-bond acceptors (Lipinski definition) is 8. The van der Waals surface area contributed by atoms with Crippen molar-refractivity contribution in [3.8, 4) is 11.5 Å². The minimum atomic E-state index is -1.47. The van der Waals surface area contributed by atoms with Crippen molar-refractivity contribution in [2.75, 3.05) is 44.8 Å². The molecule has 9 nitrogen and oxygen atoms in total. The summed E-state index contributed by atoms with van der Waals surface area (Å²) in [5.74, 6) is 1.32. The second-order valence-electron chi connectivity index (χ2n) is 10.0. The Hall–Kier alpha value is -2.59. The lowest BCUT2D eigenvalue weighted by molar-refractivity contribution is -0.141. The number of aryl methyl sites for hydroxylation is 1. The van der Waals surface area contributed by atoms with Gasteiger partial charge in [0.25, 0.3) is 5.91 Å². The maximum absolute atomic E-state index is 12.6. The van der Waals surface area contributed by atoms with Crippen LogP contribution in [0.1, 0.15) is 30.9 Å². The lowest BCUT2D eigenvalue weighted by Crippen LogP contribution is -2.54. The molecule has 2 saturated heterocycles. The largest absolute Gasteiger partial charge is 0.493 e. The molecule has 0 bridgehead atoms. The van der Waals surface area contributed by atoms with Crippen LogP contribution in [0.15, 0.2) is 30.5 Å². The van der Waals surface area contributed by atoms with Gasteiger partial charge in [-0.3, -0.25) is 4.79 Å². The summed E-state index contributed by atoms with van der Waals surface area (Å²) >= 11 is 6.03. The monoisotopic (exact) mass is 519 g/mol. The molecule has 10 heteroatoms. The van der Waals surface area contributed by atoms with Gasteiger partial charge in [-0.15, -0.1) is 0 Å². The third kappa shape index (κ3) is 4.98. The lowest BCUT2D eigenvalue weighted by Gasteiger charge is -2.40. The van der Waals surface area contributed by atoms with Gasteiger partial charge in [0.05, 0.1) is 37.9 Å². The van der Waals surface area contributed by atoms with Gasteiger partial charge in [-0.2, -0.15) is 0 Å². The zero-order chi connectivity index (χ0) is 26.2. The van der Waals surface area contributed by atoms with Gasteiger partial charge >= 0.3 is 0 Å². The molecule has 196 valence electrons. The first-order chi connectivity index (χ1) is 17.1. The van der Waals surface area contributed by atoms with Crippen molar-refractivity contribution >= 4 is 23.3 Å². The number of nitrogens with zero attached hydrogens (tertiary/aromatic N) is 3. The highest BCUT2D eigenvalue weighted by atomic mass is 35.5. The maximum atomic E-state index is 12.6. The summed E-state index contributed by atoms with van der Waals surface area (Å²) in [7, 11) is 1.59. The maximum Gasteiger partial charge on any atom is 0.253 e. The predicted molar refractivity (Wildman–Crippen MR) is 136 cm³/mol. The summed E-state index contributed by atoms with van der Waals surface area (Å²) in [4.78, 5) is 20.7. The first-order valence-electron chi connectivity index (χ1n) is 12.0. The van der Waals surface area contributed by atoms with Crippen LogP contribution in [0.4, 0.5) is 5.82 Å². The van der Waals surface area contributed by atoms with E-state index in [4.69, 9.17) is 21.1 Å². The summed E-state index contributed by atoms with van der Waals surface area (Å²) in [5, 5.41) is 30.4. The molecule has 3 N–H and O–H groups in total. The van der Waals surface area contributed by atoms with E-state index in [9.17, 15) is 20.1 Å². The summed E-state index contributed by atoms with van der Waals surface area (Å²) in [6.07, 6.45) is -0.611. The van der Waals surface area contributed by atoms with Crippen molar-refractivity contribution in [2.24, 2.45) is 5.41 Å². The molecule has 1 amide bonds. The molecule has 3 heterocycles. The minimum absolute atomic E-state index is 0.0597. The molecular formula is C26H34ClN3O6. The zero-order valence-electron chi connectivity index (χ0n) is 21.0. The van der Waals surface area contributed by atoms with Crippen LogP contribution in [0.2, 0.25) is 5.02 Å². The smallest absolute Gasteiger partial charge is 0.253 e. The second-order valence-corrected chi connectivity index (χ2v) is 10.4. The van der Waals surface area contributed by atoms with E-state index < -0.39 is 30.1 Å². The Morgan fingerprint density at radius 3 is 2.58 bits per heavy atom. The number of carbonyl (C=O) groups is 1. The average Bonchev–Trinajstić information content (AvgIpc) is 3.19. The fourth-order valence-electron chi connectivity index (χ4n) is 5.11. The first-order valence-corrected chi connectivity index (χ1v) is 12.4. The Bertz CT molecular complexity index is 1110. The Balaban J connectivity index is 1.53. The Labute approximate surface area is 216 Å².